The number of methoxy groups -OCH3 is 1. The molecule has 25 heavy (non-hydrogen) atoms. The summed E-state index contributed by atoms with van der Waals surface area (Å²) in [5, 5.41) is 6.91. The molecular formula is C19H31BrN4O. The van der Waals surface area contributed by atoms with Crippen LogP contribution in [-0.2, 0) is 10.2 Å². The van der Waals surface area contributed by atoms with Crippen molar-refractivity contribution in [3.8, 4) is 0 Å². The largest absolute Gasteiger partial charge is 0.385 e. The topological polar surface area (TPSA) is 48.9 Å². The first kappa shape index (κ1) is 20.2. The lowest BCUT2D eigenvalue weighted by Crippen LogP contribution is -2.43. The third-order valence-electron chi connectivity index (χ3n) is 4.79. The van der Waals surface area contributed by atoms with E-state index in [2.05, 4.69) is 67.8 Å². The maximum atomic E-state index is 5.09. The molecule has 0 spiro atoms. The molecule has 0 saturated heterocycles. The van der Waals surface area contributed by atoms with Gasteiger partial charge in [0.2, 0.25) is 0 Å². The first-order chi connectivity index (χ1) is 12.1. The second kappa shape index (κ2) is 10.1. The molecule has 5 nitrogen and oxygen atoms in total. The quantitative estimate of drug-likeness (QED) is 0.353. The van der Waals surface area contributed by atoms with E-state index in [9.17, 15) is 0 Å². The first-order valence-electron chi connectivity index (χ1n) is 8.98. The monoisotopic (exact) mass is 410 g/mol. The average molecular weight is 411 g/mol. The van der Waals surface area contributed by atoms with Crippen molar-refractivity contribution < 1.29 is 4.74 Å². The van der Waals surface area contributed by atoms with Crippen LogP contribution in [0.1, 0.15) is 24.8 Å². The van der Waals surface area contributed by atoms with Gasteiger partial charge < -0.3 is 20.3 Å². The molecule has 0 amide bonds. The fourth-order valence-electron chi connectivity index (χ4n) is 3.01. The van der Waals surface area contributed by atoms with Crippen LogP contribution in [0, 0.1) is 0 Å². The summed E-state index contributed by atoms with van der Waals surface area (Å²) in [5.74, 6) is 0.878. The van der Waals surface area contributed by atoms with Gasteiger partial charge in [0.1, 0.15) is 0 Å². The third kappa shape index (κ3) is 6.28. The minimum atomic E-state index is 0.245. The molecule has 140 valence electrons. The van der Waals surface area contributed by atoms with Crippen LogP contribution in [0.15, 0.2) is 33.7 Å². The Kier molecular flexibility index (Phi) is 8.19. The van der Waals surface area contributed by atoms with E-state index in [0.29, 0.717) is 0 Å². The number of halogens is 1. The van der Waals surface area contributed by atoms with Gasteiger partial charge in [-0.05, 0) is 37.9 Å². The first-order valence-corrected chi connectivity index (χ1v) is 9.77. The number of nitrogens with zero attached hydrogens (tertiary/aromatic N) is 2. The molecule has 1 fully saturated rings. The molecule has 6 heteroatoms. The zero-order chi connectivity index (χ0) is 18.1. The number of rotatable bonds is 10. The van der Waals surface area contributed by atoms with Crippen molar-refractivity contribution in [1.82, 2.24) is 15.5 Å². The van der Waals surface area contributed by atoms with Crippen LogP contribution >= 0.6 is 15.9 Å². The minimum absolute atomic E-state index is 0.245. The highest BCUT2D eigenvalue weighted by atomic mass is 79.9. The maximum absolute atomic E-state index is 5.09. The summed E-state index contributed by atoms with van der Waals surface area (Å²) in [7, 11) is 5.72. The molecule has 2 rings (SSSR count). The number of aliphatic imine (C=N–C) groups is 1. The van der Waals surface area contributed by atoms with E-state index in [1.54, 1.807) is 7.11 Å². The summed E-state index contributed by atoms with van der Waals surface area (Å²) in [6.07, 6.45) is 3.51. The molecule has 0 heterocycles. The van der Waals surface area contributed by atoms with Gasteiger partial charge in [-0.2, -0.15) is 0 Å². The SMILES string of the molecule is CN=C(NCCN(C)CCCOC)NCC1(c2ccccc2Br)CC1. The van der Waals surface area contributed by atoms with Gasteiger partial charge in [-0.1, -0.05) is 34.1 Å². The third-order valence-corrected chi connectivity index (χ3v) is 5.48. The normalized spacial score (nSPS) is 16.1. The predicted molar refractivity (Wildman–Crippen MR) is 108 cm³/mol. The molecular weight excluding hydrogens is 380 g/mol. The lowest BCUT2D eigenvalue weighted by molar-refractivity contribution is 0.180. The summed E-state index contributed by atoms with van der Waals surface area (Å²) in [5.41, 5.74) is 1.64. The maximum Gasteiger partial charge on any atom is 0.191 e. The van der Waals surface area contributed by atoms with Gasteiger partial charge in [0, 0.05) is 56.8 Å². The summed E-state index contributed by atoms with van der Waals surface area (Å²) in [6.45, 7) is 4.65. The average Bonchev–Trinajstić information content (AvgIpc) is 3.39. The molecule has 0 atom stereocenters. The molecule has 1 aliphatic carbocycles. The highest BCUT2D eigenvalue weighted by Gasteiger charge is 2.45. The highest BCUT2D eigenvalue weighted by molar-refractivity contribution is 9.10. The Morgan fingerprint density at radius 3 is 2.68 bits per heavy atom. The van der Waals surface area contributed by atoms with Crippen LogP contribution in [0.2, 0.25) is 0 Å². The fraction of sp³-hybridized carbons (Fsp3) is 0.632. The zero-order valence-corrected chi connectivity index (χ0v) is 17.2. The molecule has 1 aromatic rings. The van der Waals surface area contributed by atoms with Crippen molar-refractivity contribution in [1.29, 1.82) is 0 Å². The Hall–Kier alpha value is -1.11. The Morgan fingerprint density at radius 2 is 2.04 bits per heavy atom. The molecule has 0 aliphatic heterocycles. The summed E-state index contributed by atoms with van der Waals surface area (Å²) in [6, 6.07) is 8.54. The molecule has 1 aromatic carbocycles. The van der Waals surface area contributed by atoms with Crippen molar-refractivity contribution in [3.63, 3.8) is 0 Å². The Morgan fingerprint density at radius 1 is 1.28 bits per heavy atom. The van der Waals surface area contributed by atoms with E-state index in [-0.39, 0.29) is 5.41 Å². The second-order valence-electron chi connectivity index (χ2n) is 6.76. The van der Waals surface area contributed by atoms with Crippen LogP contribution in [0.5, 0.6) is 0 Å². The van der Waals surface area contributed by atoms with Crippen molar-refractivity contribution >= 4 is 21.9 Å². The Labute approximate surface area is 160 Å². The van der Waals surface area contributed by atoms with E-state index in [4.69, 9.17) is 4.74 Å². The number of guanidine groups is 1. The van der Waals surface area contributed by atoms with Gasteiger partial charge in [-0.25, -0.2) is 0 Å². The predicted octanol–water partition coefficient (Wildman–Crippen LogP) is 2.61. The van der Waals surface area contributed by atoms with E-state index in [0.717, 1.165) is 45.2 Å². The van der Waals surface area contributed by atoms with Gasteiger partial charge >= 0.3 is 0 Å². The Balaban J connectivity index is 1.73. The number of likely N-dealkylation sites (N-methyl/N-ethyl adjacent to an activating group) is 1. The van der Waals surface area contributed by atoms with Crippen molar-refractivity contribution in [2.75, 3.05) is 54.0 Å². The summed E-state index contributed by atoms with van der Waals surface area (Å²) < 4.78 is 6.30. The zero-order valence-electron chi connectivity index (χ0n) is 15.6. The van der Waals surface area contributed by atoms with Gasteiger partial charge in [0.25, 0.3) is 0 Å². The molecule has 2 N–H and O–H groups in total. The lowest BCUT2D eigenvalue weighted by atomic mass is 9.96. The number of ether oxygens (including phenoxy) is 1. The second-order valence-corrected chi connectivity index (χ2v) is 7.62. The standard InChI is InChI=1S/C19H31BrN4O/c1-21-18(22-11-13-24(2)12-6-14-25-3)23-15-19(9-10-19)16-7-4-5-8-17(16)20/h4-5,7-8H,6,9-15H2,1-3H3,(H2,21,22,23). The molecule has 1 aliphatic rings. The molecule has 0 aromatic heterocycles. The van der Waals surface area contributed by atoms with Gasteiger partial charge in [-0.15, -0.1) is 0 Å². The van der Waals surface area contributed by atoms with E-state index >= 15 is 0 Å². The van der Waals surface area contributed by atoms with Gasteiger partial charge in [-0.3, -0.25) is 4.99 Å². The smallest absolute Gasteiger partial charge is 0.191 e. The van der Waals surface area contributed by atoms with Crippen LogP contribution in [0.4, 0.5) is 0 Å². The number of hydrogen-bond donors (Lipinski definition) is 2. The molecule has 0 radical (unpaired) electrons. The molecule has 1 saturated carbocycles. The van der Waals surface area contributed by atoms with Crippen LogP contribution < -0.4 is 10.6 Å². The van der Waals surface area contributed by atoms with Gasteiger partial charge in [0.15, 0.2) is 5.96 Å². The number of benzene rings is 1. The van der Waals surface area contributed by atoms with Crippen LogP contribution in [-0.4, -0.2) is 64.9 Å². The summed E-state index contributed by atoms with van der Waals surface area (Å²) >= 11 is 3.69. The number of nitrogens with one attached hydrogen (secondary N) is 2. The summed E-state index contributed by atoms with van der Waals surface area (Å²) in [4.78, 5) is 6.66. The van der Waals surface area contributed by atoms with Gasteiger partial charge in [0.05, 0.1) is 0 Å². The van der Waals surface area contributed by atoms with Crippen LogP contribution in [0.25, 0.3) is 0 Å². The van der Waals surface area contributed by atoms with E-state index in [1.165, 1.54) is 22.9 Å². The Bertz CT molecular complexity index is 560. The number of hydrogen-bond acceptors (Lipinski definition) is 3. The van der Waals surface area contributed by atoms with Crippen molar-refractivity contribution in [3.05, 3.63) is 34.3 Å². The fourth-order valence-corrected chi connectivity index (χ4v) is 3.72. The van der Waals surface area contributed by atoms with Crippen LogP contribution in [0.3, 0.4) is 0 Å². The van der Waals surface area contributed by atoms with E-state index < -0.39 is 0 Å². The van der Waals surface area contributed by atoms with E-state index in [1.807, 2.05) is 7.05 Å². The minimum Gasteiger partial charge on any atom is -0.385 e. The lowest BCUT2D eigenvalue weighted by Gasteiger charge is -2.21. The van der Waals surface area contributed by atoms with Crippen molar-refractivity contribution in [2.45, 2.75) is 24.7 Å². The van der Waals surface area contributed by atoms with Crippen molar-refractivity contribution in [2.24, 2.45) is 4.99 Å². The molecule has 0 unspecified atom stereocenters. The highest BCUT2D eigenvalue weighted by Crippen LogP contribution is 2.49. The molecule has 0 bridgehead atoms.